The van der Waals surface area contributed by atoms with E-state index in [9.17, 15) is 32.3 Å². The first kappa shape index (κ1) is 34.6. The smallest absolute Gasteiger partial charge is 0.330 e. The normalized spacial score (nSPS) is 16.2. The monoisotopic (exact) mass is 673 g/mol. The van der Waals surface area contributed by atoms with Crippen LogP contribution in [0, 0.1) is 5.82 Å². The maximum atomic E-state index is 14.4. The van der Waals surface area contributed by atoms with Crippen LogP contribution < -0.4 is 15.5 Å². The molecule has 254 valence electrons. The zero-order valence-electron chi connectivity index (χ0n) is 27.2. The average Bonchev–Trinajstić information content (AvgIpc) is 3.46. The molecule has 0 bridgehead atoms. The van der Waals surface area contributed by atoms with Gasteiger partial charge in [-0.25, -0.2) is 22.6 Å². The summed E-state index contributed by atoms with van der Waals surface area (Å²) in [5.41, 5.74) is 1.46. The van der Waals surface area contributed by atoms with Gasteiger partial charge in [0.15, 0.2) is 0 Å². The highest BCUT2D eigenvalue weighted by atomic mass is 19.3. The van der Waals surface area contributed by atoms with Gasteiger partial charge in [-0.2, -0.15) is 5.10 Å². The van der Waals surface area contributed by atoms with E-state index < -0.39 is 47.4 Å². The molecule has 0 saturated heterocycles. The molecule has 0 fully saturated rings. The fourth-order valence-electron chi connectivity index (χ4n) is 5.75. The Kier molecular flexibility index (Phi) is 10.0. The molecule has 5 rings (SSSR count). The molecule has 0 saturated carbocycles. The molecule has 0 radical (unpaired) electrons. The van der Waals surface area contributed by atoms with Crippen LogP contribution in [0.1, 0.15) is 59.4 Å². The van der Waals surface area contributed by atoms with Crippen LogP contribution in [0.4, 0.5) is 19.0 Å². The van der Waals surface area contributed by atoms with Crippen LogP contribution in [-0.2, 0) is 31.6 Å². The molecule has 4 aromatic rings. The predicted molar refractivity (Wildman–Crippen MR) is 175 cm³/mol. The van der Waals surface area contributed by atoms with Gasteiger partial charge in [-0.1, -0.05) is 42.5 Å². The number of nitrogens with zero attached hydrogens (tertiary/aromatic N) is 3. The SMILES string of the molecule is CCN1C(=O)C(NC(=O)c2cccc(C(C)(F)F)c2)C(c2ccc(F)cc2)c2c(CNC(=O)/C(C)=C/C(=O)OC)nn(-c3ccccc3)c21. The van der Waals surface area contributed by atoms with Gasteiger partial charge < -0.3 is 15.4 Å². The maximum absolute atomic E-state index is 14.4. The molecule has 1 aromatic heterocycles. The summed E-state index contributed by atoms with van der Waals surface area (Å²) in [5.74, 6) is -6.90. The Morgan fingerprint density at radius 2 is 1.71 bits per heavy atom. The van der Waals surface area contributed by atoms with E-state index in [1.54, 1.807) is 35.9 Å². The highest BCUT2D eigenvalue weighted by Crippen LogP contribution is 2.43. The van der Waals surface area contributed by atoms with E-state index in [1.807, 2.05) is 6.07 Å². The summed E-state index contributed by atoms with van der Waals surface area (Å²) < 4.78 is 48.7. The molecule has 2 atom stereocenters. The fourth-order valence-corrected chi connectivity index (χ4v) is 5.75. The number of halogens is 3. The molecule has 0 spiro atoms. The average molecular weight is 674 g/mol. The highest BCUT2D eigenvalue weighted by molar-refractivity contribution is 6.05. The molecule has 1 aliphatic rings. The number of aromatic nitrogens is 2. The molecular weight excluding hydrogens is 639 g/mol. The lowest BCUT2D eigenvalue weighted by atomic mass is 9.80. The molecule has 2 heterocycles. The summed E-state index contributed by atoms with van der Waals surface area (Å²) in [6.07, 6.45) is 1.04. The van der Waals surface area contributed by atoms with E-state index >= 15 is 0 Å². The van der Waals surface area contributed by atoms with Crippen molar-refractivity contribution in [2.45, 2.75) is 45.2 Å². The lowest BCUT2D eigenvalue weighted by Gasteiger charge is -2.38. The second kappa shape index (κ2) is 14.2. The Labute approximate surface area is 280 Å². The second-order valence-corrected chi connectivity index (χ2v) is 11.5. The van der Waals surface area contributed by atoms with Crippen molar-refractivity contribution in [2.75, 3.05) is 18.6 Å². The maximum Gasteiger partial charge on any atom is 0.330 e. The minimum Gasteiger partial charge on any atom is -0.466 e. The third-order valence-corrected chi connectivity index (χ3v) is 8.18. The number of nitrogens with one attached hydrogen (secondary N) is 2. The van der Waals surface area contributed by atoms with Crippen molar-refractivity contribution in [1.82, 2.24) is 20.4 Å². The van der Waals surface area contributed by atoms with Crippen LogP contribution in [-0.4, -0.2) is 53.2 Å². The third kappa shape index (κ3) is 7.25. The van der Waals surface area contributed by atoms with E-state index in [0.29, 0.717) is 28.3 Å². The summed E-state index contributed by atoms with van der Waals surface area (Å²) in [6.45, 7) is 3.90. The Morgan fingerprint density at radius 1 is 1.02 bits per heavy atom. The number of anilines is 1. The molecule has 49 heavy (non-hydrogen) atoms. The van der Waals surface area contributed by atoms with Crippen molar-refractivity contribution >= 4 is 29.5 Å². The van der Waals surface area contributed by atoms with Gasteiger partial charge in [-0.15, -0.1) is 0 Å². The van der Waals surface area contributed by atoms with Gasteiger partial charge in [-0.05, 0) is 55.8 Å². The van der Waals surface area contributed by atoms with Gasteiger partial charge in [-0.3, -0.25) is 19.3 Å². The van der Waals surface area contributed by atoms with Gasteiger partial charge in [0.25, 0.3) is 17.7 Å². The van der Waals surface area contributed by atoms with Crippen molar-refractivity contribution in [1.29, 1.82) is 0 Å². The highest BCUT2D eigenvalue weighted by Gasteiger charge is 2.46. The van der Waals surface area contributed by atoms with Crippen molar-refractivity contribution < 1.29 is 37.1 Å². The molecule has 10 nitrogen and oxygen atoms in total. The van der Waals surface area contributed by atoms with Crippen LogP contribution in [0.2, 0.25) is 0 Å². The minimum atomic E-state index is -3.21. The van der Waals surface area contributed by atoms with Crippen LogP contribution in [0.25, 0.3) is 5.69 Å². The summed E-state index contributed by atoms with van der Waals surface area (Å²) in [6, 6.07) is 18.1. The summed E-state index contributed by atoms with van der Waals surface area (Å²) in [5, 5.41) is 10.4. The standard InChI is InChI=1S/C36H34F3N5O5/c1-5-43-34-30(27(42-44(34)26-12-7-6-8-13-26)20-40-32(46)21(2)18-28(45)49-4)29(22-14-16-25(37)17-15-22)31(35(43)48)41-33(47)23-10-9-11-24(19-23)36(3,38)39/h6-19,29,31H,5,20H2,1-4H3,(H,40,46)(H,41,47)/b21-18+. The van der Waals surface area contributed by atoms with Crippen LogP contribution in [0.3, 0.4) is 0 Å². The predicted octanol–water partition coefficient (Wildman–Crippen LogP) is 5.16. The number of esters is 1. The van der Waals surface area contributed by atoms with E-state index in [2.05, 4.69) is 15.4 Å². The third-order valence-electron chi connectivity index (χ3n) is 8.18. The summed E-state index contributed by atoms with van der Waals surface area (Å²) in [7, 11) is 1.19. The molecule has 3 aromatic carbocycles. The van der Waals surface area contributed by atoms with Crippen molar-refractivity contribution in [2.24, 2.45) is 0 Å². The van der Waals surface area contributed by atoms with E-state index in [-0.39, 0.29) is 29.8 Å². The van der Waals surface area contributed by atoms with Crippen molar-refractivity contribution in [3.05, 3.63) is 124 Å². The molecule has 3 amide bonds. The first-order chi connectivity index (χ1) is 23.3. The van der Waals surface area contributed by atoms with Crippen molar-refractivity contribution in [3.8, 4) is 5.69 Å². The Hall–Kier alpha value is -5.72. The summed E-state index contributed by atoms with van der Waals surface area (Å²) in [4.78, 5) is 54.3. The first-order valence-corrected chi connectivity index (χ1v) is 15.4. The quantitative estimate of drug-likeness (QED) is 0.177. The number of amides is 3. The number of carbonyl (C=O) groups excluding carboxylic acids is 4. The number of alkyl halides is 2. The topological polar surface area (TPSA) is 123 Å². The molecule has 1 aliphatic heterocycles. The lowest BCUT2D eigenvalue weighted by Crippen LogP contribution is -2.55. The lowest BCUT2D eigenvalue weighted by molar-refractivity contribution is -0.135. The molecule has 0 aliphatic carbocycles. The number of likely N-dealkylation sites (N-methyl/N-ethyl adjacent to an activating group) is 1. The van der Waals surface area contributed by atoms with Gasteiger partial charge in [0, 0.05) is 47.7 Å². The van der Waals surface area contributed by atoms with Gasteiger partial charge in [0.2, 0.25) is 5.91 Å². The van der Waals surface area contributed by atoms with E-state index in [0.717, 1.165) is 19.1 Å². The minimum absolute atomic E-state index is 0.0775. The Bertz CT molecular complexity index is 1920. The first-order valence-electron chi connectivity index (χ1n) is 15.4. The molecular formula is C36H34F3N5O5. The number of benzene rings is 3. The molecule has 2 N–H and O–H groups in total. The number of methoxy groups -OCH3 is 1. The zero-order valence-corrected chi connectivity index (χ0v) is 27.2. The Balaban J connectivity index is 1.67. The van der Waals surface area contributed by atoms with Gasteiger partial charge in [0.05, 0.1) is 25.0 Å². The molecule has 2 unspecified atom stereocenters. The number of carbonyl (C=O) groups is 4. The van der Waals surface area contributed by atoms with Crippen molar-refractivity contribution in [3.63, 3.8) is 0 Å². The number of para-hydroxylation sites is 1. The van der Waals surface area contributed by atoms with E-state index in [1.165, 1.54) is 61.4 Å². The number of hydrogen-bond donors (Lipinski definition) is 2. The van der Waals surface area contributed by atoms with E-state index in [4.69, 9.17) is 5.10 Å². The number of ether oxygens (including phenoxy) is 1. The van der Waals surface area contributed by atoms with Crippen LogP contribution >= 0.6 is 0 Å². The van der Waals surface area contributed by atoms with Crippen LogP contribution in [0.15, 0.2) is 90.5 Å². The summed E-state index contributed by atoms with van der Waals surface area (Å²) >= 11 is 0. The second-order valence-electron chi connectivity index (χ2n) is 11.5. The number of rotatable bonds is 10. The largest absolute Gasteiger partial charge is 0.466 e. The molecule has 13 heteroatoms. The van der Waals surface area contributed by atoms with Crippen LogP contribution in [0.5, 0.6) is 0 Å². The Morgan fingerprint density at radius 3 is 2.35 bits per heavy atom. The fraction of sp³-hybridized carbons (Fsp3) is 0.250. The number of hydrogen-bond acceptors (Lipinski definition) is 6. The van der Waals surface area contributed by atoms with Gasteiger partial charge >= 0.3 is 5.97 Å². The number of fused-ring (bicyclic) bond motifs is 1. The van der Waals surface area contributed by atoms with Gasteiger partial charge in [0.1, 0.15) is 17.7 Å². The zero-order chi connectivity index (χ0) is 35.5.